The lowest BCUT2D eigenvalue weighted by atomic mass is 10.0. The summed E-state index contributed by atoms with van der Waals surface area (Å²) in [4.78, 5) is 33.0. The number of rotatable bonds is 6. The minimum Gasteiger partial charge on any atom is -0.496 e. The van der Waals surface area contributed by atoms with Gasteiger partial charge in [-0.05, 0) is 55.3 Å². The van der Waals surface area contributed by atoms with Crippen molar-refractivity contribution in [2.75, 3.05) is 41.9 Å². The first-order valence-electron chi connectivity index (χ1n) is 11.5. The van der Waals surface area contributed by atoms with E-state index in [1.807, 2.05) is 79.8 Å². The molecular formula is C28H27N3O3. The Bertz CT molecular complexity index is 1250. The smallest absolute Gasteiger partial charge is 0.282 e. The van der Waals surface area contributed by atoms with E-state index < -0.39 is 0 Å². The second kappa shape index (κ2) is 9.06. The summed E-state index contributed by atoms with van der Waals surface area (Å²) in [6, 6.07) is 24.6. The van der Waals surface area contributed by atoms with Crippen molar-refractivity contribution >= 4 is 34.4 Å². The number of ether oxygens (including phenoxy) is 1. The number of benzene rings is 3. The number of para-hydroxylation sites is 2. The minimum atomic E-state index is -0.360. The molecule has 1 fully saturated rings. The summed E-state index contributed by atoms with van der Waals surface area (Å²) < 4.78 is 5.55. The molecule has 0 aromatic heterocycles. The van der Waals surface area contributed by atoms with Crippen LogP contribution in [0.5, 0.6) is 5.75 Å². The van der Waals surface area contributed by atoms with Crippen molar-refractivity contribution < 1.29 is 14.3 Å². The van der Waals surface area contributed by atoms with E-state index in [1.165, 1.54) is 17.7 Å². The molecule has 6 heteroatoms. The second-order valence-electron chi connectivity index (χ2n) is 8.47. The summed E-state index contributed by atoms with van der Waals surface area (Å²) in [6.07, 6.45) is 2.37. The van der Waals surface area contributed by atoms with Crippen LogP contribution in [0.4, 0.5) is 17.1 Å². The van der Waals surface area contributed by atoms with Crippen LogP contribution in [0, 0.1) is 0 Å². The number of carbonyl (C=O) groups excluding carboxylic acids is 2. The average Bonchev–Trinajstić information content (AvgIpc) is 3.51. The number of carbonyl (C=O) groups is 2. The first-order chi connectivity index (χ1) is 16.6. The Balaban J connectivity index is 1.59. The van der Waals surface area contributed by atoms with Gasteiger partial charge in [0.1, 0.15) is 11.4 Å². The molecule has 2 heterocycles. The molecule has 0 saturated carbocycles. The van der Waals surface area contributed by atoms with E-state index in [9.17, 15) is 9.59 Å². The Kier molecular flexibility index (Phi) is 5.80. The number of hydrogen-bond acceptors (Lipinski definition) is 5. The molecule has 3 aromatic carbocycles. The first-order valence-corrected chi connectivity index (χ1v) is 11.5. The summed E-state index contributed by atoms with van der Waals surface area (Å²) in [5, 5.41) is 0. The molecule has 1 saturated heterocycles. The largest absolute Gasteiger partial charge is 0.496 e. The quantitative estimate of drug-likeness (QED) is 0.506. The van der Waals surface area contributed by atoms with Crippen molar-refractivity contribution in [2.24, 2.45) is 0 Å². The SMILES string of the molecule is COc1ccccc1C1=C(N(C)c2ccccc2)C(=O)N(c2ccc(N3CCCC3)cc2)C1=O. The van der Waals surface area contributed by atoms with Crippen LogP contribution in [0.25, 0.3) is 5.57 Å². The van der Waals surface area contributed by atoms with Crippen LogP contribution in [0.15, 0.2) is 84.6 Å². The predicted molar refractivity (Wildman–Crippen MR) is 135 cm³/mol. The highest BCUT2D eigenvalue weighted by Gasteiger charge is 2.43. The van der Waals surface area contributed by atoms with Gasteiger partial charge < -0.3 is 14.5 Å². The maximum atomic E-state index is 13.8. The molecule has 0 bridgehead atoms. The van der Waals surface area contributed by atoms with Gasteiger partial charge in [-0.25, -0.2) is 4.90 Å². The molecule has 0 N–H and O–H groups in total. The molecule has 172 valence electrons. The molecule has 6 nitrogen and oxygen atoms in total. The van der Waals surface area contributed by atoms with Gasteiger partial charge in [0, 0.05) is 37.1 Å². The number of methoxy groups -OCH3 is 1. The third kappa shape index (κ3) is 3.71. The Hall–Kier alpha value is -4.06. The molecule has 5 rings (SSSR count). The number of hydrogen-bond donors (Lipinski definition) is 0. The fourth-order valence-corrected chi connectivity index (χ4v) is 4.73. The van der Waals surface area contributed by atoms with Crippen LogP contribution in [0.1, 0.15) is 18.4 Å². The van der Waals surface area contributed by atoms with E-state index in [2.05, 4.69) is 4.90 Å². The van der Waals surface area contributed by atoms with Crippen molar-refractivity contribution in [1.82, 2.24) is 0 Å². The van der Waals surface area contributed by atoms with Crippen molar-refractivity contribution in [1.29, 1.82) is 0 Å². The fraction of sp³-hybridized carbons (Fsp3) is 0.214. The highest BCUT2D eigenvalue weighted by molar-refractivity contribution is 6.46. The Morgan fingerprint density at radius 3 is 2.06 bits per heavy atom. The molecule has 0 spiro atoms. The van der Waals surface area contributed by atoms with Crippen molar-refractivity contribution in [3.05, 3.63) is 90.1 Å². The van der Waals surface area contributed by atoms with E-state index in [0.717, 1.165) is 24.5 Å². The Morgan fingerprint density at radius 2 is 1.38 bits per heavy atom. The highest BCUT2D eigenvalue weighted by atomic mass is 16.5. The van der Waals surface area contributed by atoms with Gasteiger partial charge in [-0.15, -0.1) is 0 Å². The van der Waals surface area contributed by atoms with Crippen LogP contribution in [-0.4, -0.2) is 39.1 Å². The standard InChI is InChI=1S/C28H27N3O3/c1-29(20-10-4-3-5-11-20)26-25(23-12-6-7-13-24(23)34-2)27(32)31(28(26)33)22-16-14-21(15-17-22)30-18-8-9-19-30/h3-7,10-17H,8-9,18-19H2,1-2H3. The van der Waals surface area contributed by atoms with Crippen molar-refractivity contribution in [3.8, 4) is 5.75 Å². The maximum Gasteiger partial charge on any atom is 0.282 e. The molecule has 0 unspecified atom stereocenters. The number of anilines is 3. The van der Waals surface area contributed by atoms with Crippen LogP contribution in [0.2, 0.25) is 0 Å². The monoisotopic (exact) mass is 453 g/mol. The van der Waals surface area contributed by atoms with Gasteiger partial charge in [0.2, 0.25) is 0 Å². The zero-order chi connectivity index (χ0) is 23.7. The third-order valence-corrected chi connectivity index (χ3v) is 6.49. The molecule has 2 amide bonds. The molecule has 0 atom stereocenters. The molecule has 0 radical (unpaired) electrons. The Morgan fingerprint density at radius 1 is 0.765 bits per heavy atom. The average molecular weight is 454 g/mol. The topological polar surface area (TPSA) is 53.1 Å². The molecule has 2 aliphatic heterocycles. The number of nitrogens with zero attached hydrogens (tertiary/aromatic N) is 3. The van der Waals surface area contributed by atoms with Gasteiger partial charge in [-0.2, -0.15) is 0 Å². The van der Waals surface area contributed by atoms with Gasteiger partial charge >= 0.3 is 0 Å². The lowest BCUT2D eigenvalue weighted by molar-refractivity contribution is -0.120. The molecule has 2 aliphatic rings. The lowest BCUT2D eigenvalue weighted by Crippen LogP contribution is -2.34. The predicted octanol–water partition coefficient (Wildman–Crippen LogP) is 4.72. The minimum absolute atomic E-state index is 0.323. The van der Waals surface area contributed by atoms with E-state index >= 15 is 0 Å². The van der Waals surface area contributed by atoms with E-state index in [-0.39, 0.29) is 11.8 Å². The summed E-state index contributed by atoms with van der Waals surface area (Å²) in [5.74, 6) is -0.170. The molecule has 3 aromatic rings. The van der Waals surface area contributed by atoms with E-state index in [4.69, 9.17) is 4.74 Å². The second-order valence-corrected chi connectivity index (χ2v) is 8.47. The lowest BCUT2D eigenvalue weighted by Gasteiger charge is -2.22. The van der Waals surface area contributed by atoms with Crippen LogP contribution in [-0.2, 0) is 9.59 Å². The number of amides is 2. The van der Waals surface area contributed by atoms with Crippen LogP contribution < -0.4 is 19.4 Å². The number of likely N-dealkylation sites (N-methyl/N-ethyl adjacent to an activating group) is 1. The van der Waals surface area contributed by atoms with Gasteiger partial charge in [-0.1, -0.05) is 36.4 Å². The summed E-state index contributed by atoms with van der Waals surface area (Å²) in [6.45, 7) is 2.07. The van der Waals surface area contributed by atoms with Gasteiger partial charge in [0.15, 0.2) is 0 Å². The summed E-state index contributed by atoms with van der Waals surface area (Å²) in [5.41, 5.74) is 3.73. The van der Waals surface area contributed by atoms with E-state index in [1.54, 1.807) is 18.1 Å². The molecule has 0 aliphatic carbocycles. The van der Waals surface area contributed by atoms with Gasteiger partial charge in [0.25, 0.3) is 11.8 Å². The normalized spacial score (nSPS) is 15.9. The van der Waals surface area contributed by atoms with Gasteiger partial charge in [0.05, 0.1) is 18.4 Å². The molecular weight excluding hydrogens is 426 g/mol. The fourth-order valence-electron chi connectivity index (χ4n) is 4.73. The van der Waals surface area contributed by atoms with Crippen molar-refractivity contribution in [3.63, 3.8) is 0 Å². The van der Waals surface area contributed by atoms with Gasteiger partial charge in [-0.3, -0.25) is 9.59 Å². The van der Waals surface area contributed by atoms with Crippen molar-refractivity contribution in [2.45, 2.75) is 12.8 Å². The zero-order valence-corrected chi connectivity index (χ0v) is 19.4. The first kappa shape index (κ1) is 21.8. The number of imide groups is 1. The molecule has 34 heavy (non-hydrogen) atoms. The summed E-state index contributed by atoms with van der Waals surface area (Å²) in [7, 11) is 3.38. The summed E-state index contributed by atoms with van der Waals surface area (Å²) >= 11 is 0. The van der Waals surface area contributed by atoms with E-state index in [0.29, 0.717) is 28.3 Å². The van der Waals surface area contributed by atoms with Crippen LogP contribution >= 0.6 is 0 Å². The zero-order valence-electron chi connectivity index (χ0n) is 19.4. The van der Waals surface area contributed by atoms with Crippen LogP contribution in [0.3, 0.4) is 0 Å². The maximum absolute atomic E-state index is 13.8. The highest BCUT2D eigenvalue weighted by Crippen LogP contribution is 2.39. The third-order valence-electron chi connectivity index (χ3n) is 6.49. The Labute approximate surface area is 199 Å².